The van der Waals surface area contributed by atoms with Crippen LogP contribution in [0.2, 0.25) is 0 Å². The lowest BCUT2D eigenvalue weighted by atomic mass is 9.73. The maximum Gasteiger partial charge on any atom is 0.0175 e. The fraction of sp³-hybridized carbons (Fsp3) is 0.625. The Labute approximate surface area is 119 Å². The summed E-state index contributed by atoms with van der Waals surface area (Å²) in [6.07, 6.45) is 4.03. The van der Waals surface area contributed by atoms with Crippen molar-refractivity contribution in [3.8, 4) is 0 Å². The zero-order chi connectivity index (χ0) is 13.2. The zero-order valence-electron chi connectivity index (χ0n) is 11.7. The first-order chi connectivity index (χ1) is 8.54. The van der Waals surface area contributed by atoms with Crippen LogP contribution in [0.25, 0.3) is 0 Å². The SMILES string of the molecule is CC(C)NCC1(c2ccc(Br)cc2)CCCC1C. The van der Waals surface area contributed by atoms with Gasteiger partial charge in [-0.3, -0.25) is 0 Å². The normalized spacial score (nSPS) is 27.9. The second-order valence-electron chi connectivity index (χ2n) is 5.99. The van der Waals surface area contributed by atoms with Gasteiger partial charge in [0.2, 0.25) is 0 Å². The van der Waals surface area contributed by atoms with Gasteiger partial charge < -0.3 is 5.32 Å². The Morgan fingerprint density at radius 3 is 2.50 bits per heavy atom. The molecule has 1 aliphatic rings. The minimum absolute atomic E-state index is 0.338. The number of halogens is 1. The number of benzene rings is 1. The molecule has 100 valence electrons. The van der Waals surface area contributed by atoms with Gasteiger partial charge in [0.05, 0.1) is 0 Å². The highest BCUT2D eigenvalue weighted by Gasteiger charge is 2.41. The molecule has 1 saturated carbocycles. The minimum Gasteiger partial charge on any atom is -0.314 e. The van der Waals surface area contributed by atoms with Crippen LogP contribution in [0.1, 0.15) is 45.6 Å². The highest BCUT2D eigenvalue weighted by molar-refractivity contribution is 9.10. The van der Waals surface area contributed by atoms with Crippen molar-refractivity contribution in [3.05, 3.63) is 34.3 Å². The fourth-order valence-electron chi connectivity index (χ4n) is 3.21. The van der Waals surface area contributed by atoms with E-state index in [1.165, 1.54) is 29.3 Å². The van der Waals surface area contributed by atoms with Crippen LogP contribution in [0.15, 0.2) is 28.7 Å². The summed E-state index contributed by atoms with van der Waals surface area (Å²) in [7, 11) is 0. The third-order valence-electron chi connectivity index (χ3n) is 4.45. The average Bonchev–Trinajstić information content (AvgIpc) is 2.70. The average molecular weight is 310 g/mol. The maximum absolute atomic E-state index is 3.66. The number of hydrogen-bond acceptors (Lipinski definition) is 1. The summed E-state index contributed by atoms with van der Waals surface area (Å²) >= 11 is 3.53. The Hall–Kier alpha value is -0.340. The first-order valence-corrected chi connectivity index (χ1v) is 7.83. The van der Waals surface area contributed by atoms with Gasteiger partial charge in [0, 0.05) is 22.5 Å². The summed E-state index contributed by atoms with van der Waals surface area (Å²) < 4.78 is 1.17. The van der Waals surface area contributed by atoms with Gasteiger partial charge in [0.25, 0.3) is 0 Å². The third kappa shape index (κ3) is 2.80. The van der Waals surface area contributed by atoms with Crippen molar-refractivity contribution in [1.82, 2.24) is 5.32 Å². The highest BCUT2D eigenvalue weighted by Crippen LogP contribution is 2.45. The van der Waals surface area contributed by atoms with Gasteiger partial charge in [0.15, 0.2) is 0 Å². The molecule has 1 aliphatic carbocycles. The molecule has 0 aliphatic heterocycles. The highest BCUT2D eigenvalue weighted by atomic mass is 79.9. The van der Waals surface area contributed by atoms with Crippen LogP contribution in [0, 0.1) is 5.92 Å². The lowest BCUT2D eigenvalue weighted by Crippen LogP contribution is -2.42. The quantitative estimate of drug-likeness (QED) is 0.863. The van der Waals surface area contributed by atoms with E-state index in [9.17, 15) is 0 Å². The topological polar surface area (TPSA) is 12.0 Å². The summed E-state index contributed by atoms with van der Waals surface area (Å²) in [6, 6.07) is 9.52. The van der Waals surface area contributed by atoms with E-state index in [0.29, 0.717) is 11.5 Å². The maximum atomic E-state index is 3.66. The summed E-state index contributed by atoms with van der Waals surface area (Å²) in [5.74, 6) is 0.768. The third-order valence-corrected chi connectivity index (χ3v) is 4.98. The number of hydrogen-bond donors (Lipinski definition) is 1. The lowest BCUT2D eigenvalue weighted by molar-refractivity contribution is 0.308. The fourth-order valence-corrected chi connectivity index (χ4v) is 3.47. The van der Waals surface area contributed by atoms with E-state index in [1.807, 2.05) is 0 Å². The van der Waals surface area contributed by atoms with E-state index in [2.05, 4.69) is 66.3 Å². The molecule has 2 atom stereocenters. The number of nitrogens with one attached hydrogen (secondary N) is 1. The Bertz CT molecular complexity index is 385. The Morgan fingerprint density at radius 1 is 1.33 bits per heavy atom. The zero-order valence-corrected chi connectivity index (χ0v) is 13.3. The summed E-state index contributed by atoms with van der Waals surface area (Å²) in [5.41, 5.74) is 1.84. The van der Waals surface area contributed by atoms with Crippen LogP contribution in [-0.4, -0.2) is 12.6 Å². The molecule has 1 nitrogen and oxygen atoms in total. The van der Waals surface area contributed by atoms with Gasteiger partial charge in [-0.15, -0.1) is 0 Å². The molecular formula is C16H24BrN. The van der Waals surface area contributed by atoms with Gasteiger partial charge >= 0.3 is 0 Å². The van der Waals surface area contributed by atoms with Crippen LogP contribution < -0.4 is 5.32 Å². The molecule has 18 heavy (non-hydrogen) atoms. The van der Waals surface area contributed by atoms with Crippen molar-refractivity contribution in [3.63, 3.8) is 0 Å². The van der Waals surface area contributed by atoms with Gasteiger partial charge in [0.1, 0.15) is 0 Å². The Morgan fingerprint density at radius 2 is 2.00 bits per heavy atom. The molecule has 0 heterocycles. The molecule has 2 heteroatoms. The molecule has 1 aromatic carbocycles. The molecule has 0 saturated heterocycles. The largest absolute Gasteiger partial charge is 0.314 e. The van der Waals surface area contributed by atoms with Gasteiger partial charge in [-0.2, -0.15) is 0 Å². The molecule has 2 rings (SSSR count). The van der Waals surface area contributed by atoms with Gasteiger partial charge in [-0.25, -0.2) is 0 Å². The van der Waals surface area contributed by atoms with Crippen LogP contribution in [-0.2, 0) is 5.41 Å². The second kappa shape index (κ2) is 5.75. The minimum atomic E-state index is 0.338. The molecule has 0 aromatic heterocycles. The second-order valence-corrected chi connectivity index (χ2v) is 6.91. The lowest BCUT2D eigenvalue weighted by Gasteiger charge is -2.36. The van der Waals surface area contributed by atoms with E-state index >= 15 is 0 Å². The van der Waals surface area contributed by atoms with Crippen LogP contribution in [0.3, 0.4) is 0 Å². The first-order valence-electron chi connectivity index (χ1n) is 7.04. The number of rotatable bonds is 4. The van der Waals surface area contributed by atoms with Crippen molar-refractivity contribution in [2.24, 2.45) is 5.92 Å². The molecular weight excluding hydrogens is 286 g/mol. The first kappa shape index (κ1) is 14.1. The van der Waals surface area contributed by atoms with Gasteiger partial charge in [-0.05, 0) is 36.5 Å². The van der Waals surface area contributed by atoms with Crippen molar-refractivity contribution in [2.45, 2.75) is 51.5 Å². The Kier molecular flexibility index (Phi) is 4.50. The molecule has 1 fully saturated rings. The summed E-state index contributed by atoms with van der Waals surface area (Å²) in [5, 5.41) is 3.66. The van der Waals surface area contributed by atoms with Crippen LogP contribution >= 0.6 is 15.9 Å². The van der Waals surface area contributed by atoms with E-state index < -0.39 is 0 Å². The van der Waals surface area contributed by atoms with Crippen molar-refractivity contribution in [2.75, 3.05) is 6.54 Å². The predicted molar refractivity (Wildman–Crippen MR) is 82.0 cm³/mol. The van der Waals surface area contributed by atoms with E-state index in [1.54, 1.807) is 0 Å². The summed E-state index contributed by atoms with van der Waals surface area (Å²) in [6.45, 7) is 7.98. The van der Waals surface area contributed by atoms with E-state index in [-0.39, 0.29) is 0 Å². The van der Waals surface area contributed by atoms with Crippen molar-refractivity contribution >= 4 is 15.9 Å². The summed E-state index contributed by atoms with van der Waals surface area (Å²) in [4.78, 5) is 0. The van der Waals surface area contributed by atoms with Crippen molar-refractivity contribution < 1.29 is 0 Å². The molecule has 0 spiro atoms. The standard InChI is InChI=1S/C16H24BrN/c1-12(2)18-11-16(10-4-5-13(16)3)14-6-8-15(17)9-7-14/h6-9,12-13,18H,4-5,10-11H2,1-3H3. The molecule has 2 unspecified atom stereocenters. The Balaban J connectivity index is 2.27. The van der Waals surface area contributed by atoms with Gasteiger partial charge in [-0.1, -0.05) is 55.3 Å². The molecule has 0 amide bonds. The monoisotopic (exact) mass is 309 g/mol. The van der Waals surface area contributed by atoms with E-state index in [4.69, 9.17) is 0 Å². The van der Waals surface area contributed by atoms with E-state index in [0.717, 1.165) is 12.5 Å². The van der Waals surface area contributed by atoms with Crippen molar-refractivity contribution in [1.29, 1.82) is 0 Å². The smallest absolute Gasteiger partial charge is 0.0175 e. The molecule has 1 N–H and O–H groups in total. The predicted octanol–water partition coefficient (Wildman–Crippen LogP) is 4.50. The molecule has 0 radical (unpaired) electrons. The molecule has 1 aromatic rings. The van der Waals surface area contributed by atoms with Crippen LogP contribution in [0.5, 0.6) is 0 Å². The molecule has 0 bridgehead atoms. The van der Waals surface area contributed by atoms with Crippen LogP contribution in [0.4, 0.5) is 0 Å².